The summed E-state index contributed by atoms with van der Waals surface area (Å²) in [7, 11) is 0. The molecule has 0 aliphatic rings. The molecule has 0 aliphatic carbocycles. The fraction of sp³-hybridized carbons (Fsp3) is 0.471. The van der Waals surface area contributed by atoms with Crippen LogP contribution in [0.4, 0.5) is 4.39 Å². The number of aromatic nitrogens is 1. The number of H-pyrrole nitrogens is 1. The summed E-state index contributed by atoms with van der Waals surface area (Å²) in [5.74, 6) is 1.18. The Labute approximate surface area is 131 Å². The van der Waals surface area contributed by atoms with Crippen LogP contribution in [-0.2, 0) is 6.42 Å². The van der Waals surface area contributed by atoms with E-state index in [1.165, 1.54) is 17.7 Å². The van der Waals surface area contributed by atoms with E-state index in [2.05, 4.69) is 41.4 Å². The third kappa shape index (κ3) is 4.48. The molecular weight excluding hydrogens is 279 g/mol. The van der Waals surface area contributed by atoms with Gasteiger partial charge in [0, 0.05) is 36.7 Å². The first-order chi connectivity index (χ1) is 10.6. The van der Waals surface area contributed by atoms with Crippen molar-refractivity contribution in [3.63, 3.8) is 0 Å². The van der Waals surface area contributed by atoms with Gasteiger partial charge in [0.25, 0.3) is 0 Å². The van der Waals surface area contributed by atoms with Gasteiger partial charge in [0.15, 0.2) is 5.96 Å². The Hall–Kier alpha value is -2.04. The van der Waals surface area contributed by atoms with Crippen molar-refractivity contribution >= 4 is 16.9 Å². The van der Waals surface area contributed by atoms with Crippen molar-refractivity contribution in [1.29, 1.82) is 0 Å². The van der Waals surface area contributed by atoms with Gasteiger partial charge >= 0.3 is 0 Å². The first-order valence-electron chi connectivity index (χ1n) is 7.87. The Bertz CT molecular complexity index is 631. The average Bonchev–Trinajstić information content (AvgIpc) is 2.87. The van der Waals surface area contributed by atoms with Crippen molar-refractivity contribution in [3.05, 3.63) is 35.8 Å². The Morgan fingerprint density at radius 1 is 1.32 bits per heavy atom. The van der Waals surface area contributed by atoms with E-state index < -0.39 is 0 Å². The van der Waals surface area contributed by atoms with Crippen molar-refractivity contribution in [3.8, 4) is 0 Å². The lowest BCUT2D eigenvalue weighted by Gasteiger charge is -2.11. The van der Waals surface area contributed by atoms with Crippen molar-refractivity contribution in [2.75, 3.05) is 19.6 Å². The maximum absolute atomic E-state index is 13.2. The molecule has 0 unspecified atom stereocenters. The second-order valence-corrected chi connectivity index (χ2v) is 5.79. The van der Waals surface area contributed by atoms with Crippen LogP contribution in [0.3, 0.4) is 0 Å². The maximum atomic E-state index is 13.2. The predicted octanol–water partition coefficient (Wildman–Crippen LogP) is 3.06. The molecule has 0 radical (unpaired) electrons. The van der Waals surface area contributed by atoms with Gasteiger partial charge in [0.2, 0.25) is 0 Å². The number of fused-ring (bicyclic) bond motifs is 1. The van der Waals surface area contributed by atoms with Gasteiger partial charge in [-0.25, -0.2) is 4.39 Å². The van der Waals surface area contributed by atoms with Gasteiger partial charge in [-0.05, 0) is 43.0 Å². The van der Waals surface area contributed by atoms with E-state index in [0.29, 0.717) is 5.92 Å². The molecule has 0 aliphatic heterocycles. The number of hydrogen-bond donors (Lipinski definition) is 3. The number of rotatable bonds is 6. The molecular formula is C17H25FN4. The van der Waals surface area contributed by atoms with Crippen molar-refractivity contribution in [2.45, 2.75) is 27.2 Å². The van der Waals surface area contributed by atoms with Crippen molar-refractivity contribution < 1.29 is 4.39 Å². The number of hydrogen-bond acceptors (Lipinski definition) is 1. The largest absolute Gasteiger partial charge is 0.361 e. The smallest absolute Gasteiger partial charge is 0.191 e. The van der Waals surface area contributed by atoms with Crippen LogP contribution in [0.1, 0.15) is 26.3 Å². The van der Waals surface area contributed by atoms with Gasteiger partial charge in [-0.2, -0.15) is 0 Å². The zero-order valence-electron chi connectivity index (χ0n) is 13.5. The number of aliphatic imine (C=N–C) groups is 1. The fourth-order valence-electron chi connectivity index (χ4n) is 2.30. The second-order valence-electron chi connectivity index (χ2n) is 5.79. The van der Waals surface area contributed by atoms with Crippen LogP contribution in [-0.4, -0.2) is 30.6 Å². The minimum Gasteiger partial charge on any atom is -0.361 e. The SMILES string of the molecule is CCNC(=NCC(C)C)NCCc1c[nH]c2cc(F)ccc12. The van der Waals surface area contributed by atoms with E-state index in [0.717, 1.165) is 42.9 Å². The molecule has 1 heterocycles. The van der Waals surface area contributed by atoms with Gasteiger partial charge in [-0.3, -0.25) is 4.99 Å². The quantitative estimate of drug-likeness (QED) is 0.567. The molecule has 1 aromatic heterocycles. The molecule has 2 aromatic rings. The van der Waals surface area contributed by atoms with E-state index in [1.54, 1.807) is 0 Å². The van der Waals surface area contributed by atoms with E-state index in [1.807, 2.05) is 12.3 Å². The molecule has 0 fully saturated rings. The van der Waals surface area contributed by atoms with Crippen LogP contribution in [0.2, 0.25) is 0 Å². The molecule has 2 rings (SSSR count). The van der Waals surface area contributed by atoms with Gasteiger partial charge in [0.1, 0.15) is 5.82 Å². The lowest BCUT2D eigenvalue weighted by atomic mass is 10.1. The monoisotopic (exact) mass is 304 g/mol. The second kappa shape index (κ2) is 7.82. The van der Waals surface area contributed by atoms with E-state index in [4.69, 9.17) is 0 Å². The third-order valence-corrected chi connectivity index (χ3v) is 3.38. The van der Waals surface area contributed by atoms with Crippen LogP contribution in [0.15, 0.2) is 29.4 Å². The zero-order chi connectivity index (χ0) is 15.9. The highest BCUT2D eigenvalue weighted by atomic mass is 19.1. The van der Waals surface area contributed by atoms with Crippen LogP contribution in [0, 0.1) is 11.7 Å². The Morgan fingerprint density at radius 2 is 2.14 bits per heavy atom. The molecule has 1 aromatic carbocycles. The number of benzene rings is 1. The molecule has 0 saturated heterocycles. The first kappa shape index (κ1) is 16.3. The molecule has 0 amide bonds. The molecule has 0 atom stereocenters. The summed E-state index contributed by atoms with van der Waals surface area (Å²) >= 11 is 0. The highest BCUT2D eigenvalue weighted by Crippen LogP contribution is 2.19. The molecule has 0 saturated carbocycles. The molecule has 120 valence electrons. The van der Waals surface area contributed by atoms with Gasteiger partial charge in [0.05, 0.1) is 0 Å². The zero-order valence-corrected chi connectivity index (χ0v) is 13.5. The Balaban J connectivity index is 1.94. The minimum atomic E-state index is -0.214. The number of aromatic amines is 1. The number of guanidine groups is 1. The lowest BCUT2D eigenvalue weighted by Crippen LogP contribution is -2.38. The number of halogens is 1. The third-order valence-electron chi connectivity index (χ3n) is 3.38. The molecule has 3 N–H and O–H groups in total. The minimum absolute atomic E-state index is 0.214. The summed E-state index contributed by atoms with van der Waals surface area (Å²) in [6.45, 7) is 8.79. The Morgan fingerprint density at radius 3 is 2.86 bits per heavy atom. The topological polar surface area (TPSA) is 52.2 Å². The summed E-state index contributed by atoms with van der Waals surface area (Å²) < 4.78 is 13.2. The van der Waals surface area contributed by atoms with E-state index in [-0.39, 0.29) is 5.82 Å². The summed E-state index contributed by atoms with van der Waals surface area (Å²) in [4.78, 5) is 7.66. The normalized spacial score (nSPS) is 12.1. The highest BCUT2D eigenvalue weighted by molar-refractivity contribution is 5.83. The van der Waals surface area contributed by atoms with Crippen molar-refractivity contribution in [1.82, 2.24) is 15.6 Å². The summed E-state index contributed by atoms with van der Waals surface area (Å²) in [5, 5.41) is 7.66. The highest BCUT2D eigenvalue weighted by Gasteiger charge is 2.05. The first-order valence-corrected chi connectivity index (χ1v) is 7.87. The standard InChI is InChI=1S/C17H25FN4/c1-4-19-17(22-10-12(2)3)20-8-7-13-11-21-16-9-14(18)5-6-15(13)16/h5-6,9,11-12,21H,4,7-8,10H2,1-3H3,(H2,19,20,22). The van der Waals surface area contributed by atoms with Crippen LogP contribution < -0.4 is 10.6 Å². The van der Waals surface area contributed by atoms with Crippen LogP contribution >= 0.6 is 0 Å². The molecule has 0 bridgehead atoms. The van der Waals surface area contributed by atoms with Crippen LogP contribution in [0.25, 0.3) is 10.9 Å². The molecule has 5 heteroatoms. The van der Waals surface area contributed by atoms with Gasteiger partial charge < -0.3 is 15.6 Å². The summed E-state index contributed by atoms with van der Waals surface area (Å²) in [6.07, 6.45) is 2.81. The van der Waals surface area contributed by atoms with E-state index >= 15 is 0 Å². The lowest BCUT2D eigenvalue weighted by molar-refractivity contribution is 0.629. The van der Waals surface area contributed by atoms with Crippen molar-refractivity contribution in [2.24, 2.45) is 10.9 Å². The summed E-state index contributed by atoms with van der Waals surface area (Å²) in [6, 6.07) is 4.86. The molecule has 0 spiro atoms. The van der Waals surface area contributed by atoms with E-state index in [9.17, 15) is 4.39 Å². The molecule has 4 nitrogen and oxygen atoms in total. The fourth-order valence-corrected chi connectivity index (χ4v) is 2.30. The van der Waals surface area contributed by atoms with Gasteiger partial charge in [-0.1, -0.05) is 13.8 Å². The van der Waals surface area contributed by atoms with Crippen LogP contribution in [0.5, 0.6) is 0 Å². The predicted molar refractivity (Wildman–Crippen MR) is 90.8 cm³/mol. The number of nitrogens with zero attached hydrogens (tertiary/aromatic N) is 1. The summed E-state index contributed by atoms with van der Waals surface area (Å²) in [5.41, 5.74) is 2.03. The van der Waals surface area contributed by atoms with Gasteiger partial charge in [-0.15, -0.1) is 0 Å². The Kier molecular flexibility index (Phi) is 5.81. The molecule has 22 heavy (non-hydrogen) atoms. The average molecular weight is 304 g/mol. The number of nitrogens with one attached hydrogen (secondary N) is 3. The maximum Gasteiger partial charge on any atom is 0.191 e.